The van der Waals surface area contributed by atoms with Gasteiger partial charge >= 0.3 is 17.9 Å². The molecule has 0 N–H and O–H groups in total. The lowest BCUT2D eigenvalue weighted by Gasteiger charge is -2.18. The Morgan fingerprint density at radius 2 is 0.524 bits per heavy atom. The highest BCUT2D eigenvalue weighted by atomic mass is 16.6. The first kappa shape index (κ1) is 61.4. The van der Waals surface area contributed by atoms with Gasteiger partial charge in [0.25, 0.3) is 0 Å². The summed E-state index contributed by atoms with van der Waals surface area (Å²) in [5.41, 5.74) is 0. The van der Waals surface area contributed by atoms with Crippen molar-refractivity contribution in [2.45, 2.75) is 329 Å². The Morgan fingerprint density at radius 1 is 0.302 bits per heavy atom. The lowest BCUT2D eigenvalue weighted by molar-refractivity contribution is -0.167. The molecule has 0 aromatic carbocycles. The molecule has 0 heterocycles. The van der Waals surface area contributed by atoms with Crippen LogP contribution in [0, 0.1) is 5.92 Å². The van der Waals surface area contributed by atoms with E-state index in [2.05, 4.69) is 27.7 Å². The summed E-state index contributed by atoms with van der Waals surface area (Å²) in [5, 5.41) is 0. The molecule has 0 unspecified atom stereocenters. The van der Waals surface area contributed by atoms with E-state index in [0.29, 0.717) is 19.3 Å². The predicted octanol–water partition coefficient (Wildman–Crippen LogP) is 18.6. The number of hydrogen-bond donors (Lipinski definition) is 0. The highest BCUT2D eigenvalue weighted by Crippen LogP contribution is 2.18. The maximum atomic E-state index is 12.8. The summed E-state index contributed by atoms with van der Waals surface area (Å²) >= 11 is 0. The molecule has 0 aromatic heterocycles. The number of carbonyl (C=O) groups excluding carboxylic acids is 3. The van der Waals surface area contributed by atoms with E-state index in [4.69, 9.17) is 14.2 Å². The molecule has 63 heavy (non-hydrogen) atoms. The van der Waals surface area contributed by atoms with E-state index >= 15 is 0 Å². The van der Waals surface area contributed by atoms with Crippen LogP contribution >= 0.6 is 0 Å². The number of esters is 3. The minimum atomic E-state index is -0.761. The van der Waals surface area contributed by atoms with Gasteiger partial charge < -0.3 is 14.2 Å². The van der Waals surface area contributed by atoms with Gasteiger partial charge in [0, 0.05) is 19.3 Å². The van der Waals surface area contributed by atoms with E-state index in [-0.39, 0.29) is 31.1 Å². The van der Waals surface area contributed by atoms with E-state index < -0.39 is 6.10 Å². The fourth-order valence-electron chi connectivity index (χ4n) is 8.75. The van der Waals surface area contributed by atoms with Crippen molar-refractivity contribution >= 4 is 17.9 Å². The number of hydrogen-bond acceptors (Lipinski definition) is 6. The molecule has 374 valence electrons. The van der Waals surface area contributed by atoms with Crippen LogP contribution in [0.2, 0.25) is 0 Å². The van der Waals surface area contributed by atoms with E-state index in [9.17, 15) is 14.4 Å². The number of rotatable bonds is 52. The summed E-state index contributed by atoms with van der Waals surface area (Å²) in [6.07, 6.45) is 55.2. The quantitative estimate of drug-likeness (QED) is 0.0344. The van der Waals surface area contributed by atoms with Crippen molar-refractivity contribution in [3.63, 3.8) is 0 Å². The zero-order valence-corrected chi connectivity index (χ0v) is 43.0. The van der Waals surface area contributed by atoms with Gasteiger partial charge in [0.1, 0.15) is 13.2 Å². The van der Waals surface area contributed by atoms with Gasteiger partial charge in [-0.2, -0.15) is 0 Å². The second kappa shape index (κ2) is 51.4. The van der Waals surface area contributed by atoms with Crippen LogP contribution in [0.4, 0.5) is 0 Å². The third kappa shape index (κ3) is 51.3. The first-order chi connectivity index (χ1) is 30.9. The highest BCUT2D eigenvalue weighted by molar-refractivity contribution is 5.71. The topological polar surface area (TPSA) is 78.9 Å². The van der Waals surface area contributed by atoms with Gasteiger partial charge in [-0.25, -0.2) is 0 Å². The molecular formula is C57H110O6. The van der Waals surface area contributed by atoms with Gasteiger partial charge in [-0.3, -0.25) is 14.4 Å². The first-order valence-electron chi connectivity index (χ1n) is 28.4. The molecule has 0 aliphatic carbocycles. The molecule has 0 saturated carbocycles. The smallest absolute Gasteiger partial charge is 0.306 e. The SMILES string of the molecule is CCCCCCCCCCCCCCCCCCC(=O)OC[C@H](COC(=O)CCCCCCCCCCCCCCCCC)OC(=O)CCCCCCCCCCCCCC(C)C. The van der Waals surface area contributed by atoms with Crippen molar-refractivity contribution in [1.82, 2.24) is 0 Å². The second-order valence-electron chi connectivity index (χ2n) is 20.1. The normalized spacial score (nSPS) is 12.0. The third-order valence-electron chi connectivity index (χ3n) is 13.0. The van der Waals surface area contributed by atoms with Crippen LogP contribution < -0.4 is 0 Å². The molecule has 0 rings (SSSR count). The van der Waals surface area contributed by atoms with E-state index in [0.717, 1.165) is 63.7 Å². The Kier molecular flexibility index (Phi) is 50.1. The minimum absolute atomic E-state index is 0.0621. The lowest BCUT2D eigenvalue weighted by atomic mass is 10.0. The van der Waals surface area contributed by atoms with Crippen LogP contribution in [0.1, 0.15) is 323 Å². The summed E-state index contributed by atoms with van der Waals surface area (Å²) < 4.78 is 16.9. The molecule has 1 atom stereocenters. The molecule has 0 aliphatic heterocycles. The predicted molar refractivity (Wildman–Crippen MR) is 270 cm³/mol. The van der Waals surface area contributed by atoms with Crippen LogP contribution in [0.25, 0.3) is 0 Å². The molecule has 6 heteroatoms. The molecule has 0 fully saturated rings. The zero-order valence-electron chi connectivity index (χ0n) is 43.0. The third-order valence-corrected chi connectivity index (χ3v) is 13.0. The van der Waals surface area contributed by atoms with Crippen molar-refractivity contribution in [3.05, 3.63) is 0 Å². The molecule has 0 aliphatic rings. The molecule has 6 nitrogen and oxygen atoms in total. The van der Waals surface area contributed by atoms with E-state index in [1.54, 1.807) is 0 Å². The standard InChI is InChI=1S/C57H110O6/c1-5-7-9-11-13-15-17-19-21-23-25-29-33-37-41-45-49-56(59)62-52-54(63-57(60)50-46-42-38-34-30-26-27-31-35-39-43-47-53(3)4)51-61-55(58)48-44-40-36-32-28-24-22-20-18-16-14-12-10-8-6-2/h53-54H,5-52H2,1-4H3/t54-/m0/s1. The van der Waals surface area contributed by atoms with Crippen LogP contribution in [0.15, 0.2) is 0 Å². The van der Waals surface area contributed by atoms with Gasteiger partial charge in [-0.05, 0) is 25.2 Å². The van der Waals surface area contributed by atoms with Gasteiger partial charge in [-0.1, -0.05) is 285 Å². The van der Waals surface area contributed by atoms with Crippen LogP contribution in [0.5, 0.6) is 0 Å². The molecule has 0 amide bonds. The van der Waals surface area contributed by atoms with Crippen molar-refractivity contribution in [1.29, 1.82) is 0 Å². The van der Waals surface area contributed by atoms with E-state index in [1.165, 1.54) is 218 Å². The van der Waals surface area contributed by atoms with Gasteiger partial charge in [0.2, 0.25) is 0 Å². The van der Waals surface area contributed by atoms with Crippen LogP contribution in [-0.2, 0) is 28.6 Å². The summed E-state index contributed by atoms with van der Waals surface area (Å²) in [6, 6.07) is 0. The number of carbonyl (C=O) groups is 3. The van der Waals surface area contributed by atoms with Gasteiger partial charge in [0.05, 0.1) is 0 Å². The van der Waals surface area contributed by atoms with E-state index in [1.807, 2.05) is 0 Å². The van der Waals surface area contributed by atoms with Crippen molar-refractivity contribution in [3.8, 4) is 0 Å². The largest absolute Gasteiger partial charge is 0.462 e. The Labute approximate surface area is 393 Å². The number of unbranched alkanes of at least 4 members (excludes halogenated alkanes) is 39. The molecule has 0 aromatic rings. The van der Waals surface area contributed by atoms with Gasteiger partial charge in [0.15, 0.2) is 6.10 Å². The summed E-state index contributed by atoms with van der Waals surface area (Å²) in [5.74, 6) is -0.0120. The summed E-state index contributed by atoms with van der Waals surface area (Å²) in [6.45, 7) is 9.05. The summed E-state index contributed by atoms with van der Waals surface area (Å²) in [7, 11) is 0. The molecule has 0 bridgehead atoms. The Hall–Kier alpha value is -1.59. The molecule has 0 radical (unpaired) electrons. The molecule has 0 spiro atoms. The summed E-state index contributed by atoms with van der Waals surface area (Å²) in [4.78, 5) is 38.1. The minimum Gasteiger partial charge on any atom is -0.462 e. The van der Waals surface area contributed by atoms with Crippen molar-refractivity contribution in [2.24, 2.45) is 5.92 Å². The van der Waals surface area contributed by atoms with Gasteiger partial charge in [-0.15, -0.1) is 0 Å². The Balaban J connectivity index is 4.30. The maximum Gasteiger partial charge on any atom is 0.306 e. The second-order valence-corrected chi connectivity index (χ2v) is 20.1. The lowest BCUT2D eigenvalue weighted by Crippen LogP contribution is -2.30. The van der Waals surface area contributed by atoms with Crippen LogP contribution in [-0.4, -0.2) is 37.2 Å². The zero-order chi connectivity index (χ0) is 45.9. The average molecular weight is 892 g/mol. The molecular weight excluding hydrogens is 781 g/mol. The fraction of sp³-hybridized carbons (Fsp3) is 0.947. The molecule has 0 saturated heterocycles. The van der Waals surface area contributed by atoms with Crippen molar-refractivity contribution in [2.75, 3.05) is 13.2 Å². The average Bonchev–Trinajstić information content (AvgIpc) is 3.27. The number of ether oxygens (including phenoxy) is 3. The Bertz CT molecular complexity index is 949. The fourth-order valence-corrected chi connectivity index (χ4v) is 8.75. The Morgan fingerprint density at radius 3 is 0.778 bits per heavy atom. The maximum absolute atomic E-state index is 12.8. The monoisotopic (exact) mass is 891 g/mol. The first-order valence-corrected chi connectivity index (χ1v) is 28.4. The van der Waals surface area contributed by atoms with Crippen LogP contribution in [0.3, 0.4) is 0 Å². The van der Waals surface area contributed by atoms with Crippen molar-refractivity contribution < 1.29 is 28.6 Å². The highest BCUT2D eigenvalue weighted by Gasteiger charge is 2.19.